The zero-order chi connectivity index (χ0) is 21.6. The highest BCUT2D eigenvalue weighted by Gasteiger charge is 2.22. The number of carbonyl (C=O) groups excluding carboxylic acids is 1. The number of aryl methyl sites for hydroxylation is 1. The number of hydrogen-bond acceptors (Lipinski definition) is 6. The number of anilines is 3. The van der Waals surface area contributed by atoms with Gasteiger partial charge in [-0.2, -0.15) is 5.10 Å². The molecule has 3 heterocycles. The minimum absolute atomic E-state index is 0.131. The van der Waals surface area contributed by atoms with Crippen molar-refractivity contribution in [2.24, 2.45) is 5.92 Å². The van der Waals surface area contributed by atoms with E-state index in [-0.39, 0.29) is 5.91 Å². The van der Waals surface area contributed by atoms with E-state index >= 15 is 0 Å². The number of nitrogens with zero attached hydrogens (tertiary/aromatic N) is 5. The smallest absolute Gasteiger partial charge is 0.259 e. The van der Waals surface area contributed by atoms with Gasteiger partial charge >= 0.3 is 0 Å². The SMILES string of the molecule is Cc1ccc(C(=O)Nc2ccc(NCCn3cncn3)cc2)c(N2CCC(C)CC2)n1. The maximum Gasteiger partial charge on any atom is 0.259 e. The van der Waals surface area contributed by atoms with E-state index in [0.29, 0.717) is 5.56 Å². The highest BCUT2D eigenvalue weighted by molar-refractivity contribution is 6.07. The lowest BCUT2D eigenvalue weighted by molar-refractivity contribution is 0.102. The molecule has 0 aliphatic carbocycles. The Labute approximate surface area is 182 Å². The van der Waals surface area contributed by atoms with Crippen LogP contribution >= 0.6 is 0 Å². The molecular formula is C23H29N7O. The molecule has 31 heavy (non-hydrogen) atoms. The number of pyridine rings is 1. The third-order valence-electron chi connectivity index (χ3n) is 5.62. The van der Waals surface area contributed by atoms with Gasteiger partial charge in [0.25, 0.3) is 5.91 Å². The summed E-state index contributed by atoms with van der Waals surface area (Å²) in [6.45, 7) is 7.59. The number of carbonyl (C=O) groups is 1. The molecule has 1 amide bonds. The first kappa shape index (κ1) is 20.8. The average molecular weight is 420 g/mol. The molecule has 2 N–H and O–H groups in total. The largest absolute Gasteiger partial charge is 0.383 e. The molecular weight excluding hydrogens is 390 g/mol. The lowest BCUT2D eigenvalue weighted by atomic mass is 9.99. The predicted molar refractivity (Wildman–Crippen MR) is 122 cm³/mol. The molecule has 1 aromatic carbocycles. The predicted octanol–water partition coefficient (Wildman–Crippen LogP) is 3.58. The maximum atomic E-state index is 13.0. The molecule has 0 bridgehead atoms. The van der Waals surface area contributed by atoms with Gasteiger partial charge < -0.3 is 15.5 Å². The van der Waals surface area contributed by atoms with Crippen molar-refractivity contribution >= 4 is 23.1 Å². The molecule has 3 aromatic rings. The molecule has 1 aliphatic rings. The van der Waals surface area contributed by atoms with Crippen molar-refractivity contribution in [2.45, 2.75) is 33.2 Å². The van der Waals surface area contributed by atoms with E-state index in [1.165, 1.54) is 6.33 Å². The summed E-state index contributed by atoms with van der Waals surface area (Å²) in [5.41, 5.74) is 3.28. The quantitative estimate of drug-likeness (QED) is 0.609. The van der Waals surface area contributed by atoms with Gasteiger partial charge in [-0.15, -0.1) is 0 Å². The third-order valence-corrected chi connectivity index (χ3v) is 5.62. The summed E-state index contributed by atoms with van der Waals surface area (Å²) < 4.78 is 1.78. The Balaban J connectivity index is 1.39. The van der Waals surface area contributed by atoms with Crippen LogP contribution in [0.25, 0.3) is 0 Å². The molecule has 4 rings (SSSR count). The first-order chi connectivity index (χ1) is 15.1. The molecule has 1 saturated heterocycles. The van der Waals surface area contributed by atoms with E-state index in [2.05, 4.69) is 32.5 Å². The normalized spacial score (nSPS) is 14.5. The van der Waals surface area contributed by atoms with Gasteiger partial charge in [-0.05, 0) is 62.1 Å². The first-order valence-electron chi connectivity index (χ1n) is 10.8. The zero-order valence-electron chi connectivity index (χ0n) is 18.1. The molecule has 0 unspecified atom stereocenters. The van der Waals surface area contributed by atoms with Crippen LogP contribution in [0.15, 0.2) is 49.1 Å². The van der Waals surface area contributed by atoms with Crippen molar-refractivity contribution in [3.63, 3.8) is 0 Å². The van der Waals surface area contributed by atoms with Gasteiger partial charge in [0.2, 0.25) is 0 Å². The van der Waals surface area contributed by atoms with Crippen molar-refractivity contribution in [1.82, 2.24) is 19.7 Å². The summed E-state index contributed by atoms with van der Waals surface area (Å²) >= 11 is 0. The Hall–Kier alpha value is -3.42. The van der Waals surface area contributed by atoms with Gasteiger partial charge in [-0.3, -0.25) is 9.48 Å². The van der Waals surface area contributed by atoms with Crippen molar-refractivity contribution in [1.29, 1.82) is 0 Å². The molecule has 0 spiro atoms. The second kappa shape index (κ2) is 9.59. The fourth-order valence-corrected chi connectivity index (χ4v) is 3.71. The number of aromatic nitrogens is 4. The minimum atomic E-state index is -0.131. The molecule has 1 fully saturated rings. The second-order valence-electron chi connectivity index (χ2n) is 8.11. The third kappa shape index (κ3) is 5.39. The fraction of sp³-hybridized carbons (Fsp3) is 0.391. The number of piperidine rings is 1. The first-order valence-corrected chi connectivity index (χ1v) is 10.8. The van der Waals surface area contributed by atoms with E-state index in [4.69, 9.17) is 4.98 Å². The molecule has 8 heteroatoms. The summed E-state index contributed by atoms with van der Waals surface area (Å²) in [6, 6.07) is 11.5. The van der Waals surface area contributed by atoms with E-state index in [1.54, 1.807) is 11.0 Å². The number of nitrogens with one attached hydrogen (secondary N) is 2. The van der Waals surface area contributed by atoms with Gasteiger partial charge in [0.1, 0.15) is 18.5 Å². The fourth-order valence-electron chi connectivity index (χ4n) is 3.71. The van der Waals surface area contributed by atoms with Crippen LogP contribution in [0.2, 0.25) is 0 Å². The Morgan fingerprint density at radius 1 is 1.10 bits per heavy atom. The monoisotopic (exact) mass is 419 g/mol. The van der Waals surface area contributed by atoms with Crippen LogP contribution in [0.1, 0.15) is 35.8 Å². The number of benzene rings is 1. The lowest BCUT2D eigenvalue weighted by Crippen LogP contribution is -2.35. The maximum absolute atomic E-state index is 13.0. The zero-order valence-corrected chi connectivity index (χ0v) is 18.1. The minimum Gasteiger partial charge on any atom is -0.383 e. The van der Waals surface area contributed by atoms with Crippen LogP contribution in [-0.4, -0.2) is 45.3 Å². The molecule has 0 saturated carbocycles. The van der Waals surface area contributed by atoms with E-state index in [9.17, 15) is 4.79 Å². The molecule has 0 atom stereocenters. The molecule has 1 aliphatic heterocycles. The summed E-state index contributed by atoms with van der Waals surface area (Å²) in [5.74, 6) is 1.38. The van der Waals surface area contributed by atoms with Gasteiger partial charge in [0.05, 0.1) is 12.1 Å². The van der Waals surface area contributed by atoms with Gasteiger partial charge in [-0.25, -0.2) is 9.97 Å². The number of hydrogen-bond donors (Lipinski definition) is 2. The van der Waals surface area contributed by atoms with Crippen LogP contribution in [0.5, 0.6) is 0 Å². The Kier molecular flexibility index (Phi) is 6.45. The van der Waals surface area contributed by atoms with Crippen LogP contribution in [0.3, 0.4) is 0 Å². The van der Waals surface area contributed by atoms with Crippen LogP contribution in [-0.2, 0) is 6.54 Å². The van der Waals surface area contributed by atoms with Crippen molar-refractivity contribution in [2.75, 3.05) is 35.2 Å². The van der Waals surface area contributed by atoms with E-state index < -0.39 is 0 Å². The molecule has 2 aromatic heterocycles. The average Bonchev–Trinajstić information content (AvgIpc) is 3.29. The van der Waals surface area contributed by atoms with Crippen molar-refractivity contribution in [3.8, 4) is 0 Å². The van der Waals surface area contributed by atoms with Gasteiger partial charge in [0, 0.05) is 36.7 Å². The van der Waals surface area contributed by atoms with Gasteiger partial charge in [0.15, 0.2) is 0 Å². The summed E-state index contributed by atoms with van der Waals surface area (Å²) in [7, 11) is 0. The Bertz CT molecular complexity index is 993. The summed E-state index contributed by atoms with van der Waals surface area (Å²) in [5, 5.41) is 10.4. The number of amides is 1. The number of rotatable bonds is 7. The topological polar surface area (TPSA) is 88.0 Å². The summed E-state index contributed by atoms with van der Waals surface area (Å²) in [4.78, 5) is 23.9. The molecule has 0 radical (unpaired) electrons. The highest BCUT2D eigenvalue weighted by atomic mass is 16.1. The summed E-state index contributed by atoms with van der Waals surface area (Å²) in [6.07, 6.45) is 5.47. The van der Waals surface area contributed by atoms with Crippen molar-refractivity contribution < 1.29 is 4.79 Å². The van der Waals surface area contributed by atoms with Crippen molar-refractivity contribution in [3.05, 3.63) is 60.3 Å². The van der Waals surface area contributed by atoms with Crippen LogP contribution in [0, 0.1) is 12.8 Å². The van der Waals surface area contributed by atoms with Crippen LogP contribution in [0.4, 0.5) is 17.2 Å². The Morgan fingerprint density at radius 2 is 1.84 bits per heavy atom. The lowest BCUT2D eigenvalue weighted by Gasteiger charge is -2.32. The second-order valence-corrected chi connectivity index (χ2v) is 8.11. The highest BCUT2D eigenvalue weighted by Crippen LogP contribution is 2.26. The Morgan fingerprint density at radius 3 is 2.55 bits per heavy atom. The standard InChI is InChI=1S/C23H29N7O/c1-17-9-12-29(13-10-17)22-21(8-3-18(2)27-22)23(31)28-20-6-4-19(5-7-20)25-11-14-30-16-24-15-26-30/h3-8,15-17,25H,9-14H2,1-2H3,(H,28,31). The molecule has 8 nitrogen and oxygen atoms in total. The molecule has 162 valence electrons. The van der Waals surface area contributed by atoms with Crippen LogP contribution < -0.4 is 15.5 Å². The van der Waals surface area contributed by atoms with E-state index in [1.807, 2.05) is 43.3 Å². The van der Waals surface area contributed by atoms with E-state index in [0.717, 1.165) is 67.8 Å². The van der Waals surface area contributed by atoms with Gasteiger partial charge in [-0.1, -0.05) is 6.92 Å².